The molecule has 152 valence electrons. The van der Waals surface area contributed by atoms with E-state index in [4.69, 9.17) is 14.2 Å². The zero-order valence-electron chi connectivity index (χ0n) is 15.7. The molecule has 2 heterocycles. The molecular formula is C18H22FN3O5S. The normalized spacial score (nSPS) is 17.9. The van der Waals surface area contributed by atoms with Crippen molar-refractivity contribution < 1.29 is 27.0 Å². The Balaban J connectivity index is 1.74. The molecule has 1 aromatic heterocycles. The van der Waals surface area contributed by atoms with E-state index in [1.165, 1.54) is 35.9 Å². The Morgan fingerprint density at radius 2 is 2.07 bits per heavy atom. The number of sulfonamides is 1. The van der Waals surface area contributed by atoms with E-state index in [-0.39, 0.29) is 23.1 Å². The van der Waals surface area contributed by atoms with E-state index in [9.17, 15) is 12.8 Å². The minimum atomic E-state index is -3.86. The highest BCUT2D eigenvalue weighted by Crippen LogP contribution is 2.26. The summed E-state index contributed by atoms with van der Waals surface area (Å²) in [5.41, 5.74) is 0. The second-order valence-electron chi connectivity index (χ2n) is 6.17. The quantitative estimate of drug-likeness (QED) is 0.690. The maximum Gasteiger partial charge on any atom is 0.243 e. The van der Waals surface area contributed by atoms with Gasteiger partial charge in [0.05, 0.1) is 37.6 Å². The number of halogens is 1. The Morgan fingerprint density at radius 1 is 1.29 bits per heavy atom. The van der Waals surface area contributed by atoms with Crippen LogP contribution in [0.3, 0.4) is 0 Å². The summed E-state index contributed by atoms with van der Waals surface area (Å²) >= 11 is 0. The molecule has 2 aromatic rings. The largest absolute Gasteiger partial charge is 0.491 e. The maximum atomic E-state index is 14.1. The van der Waals surface area contributed by atoms with Crippen LogP contribution in [-0.2, 0) is 10.0 Å². The lowest BCUT2D eigenvalue weighted by Crippen LogP contribution is -2.44. The van der Waals surface area contributed by atoms with E-state index in [1.807, 2.05) is 0 Å². The molecule has 0 saturated carbocycles. The summed E-state index contributed by atoms with van der Waals surface area (Å²) in [6.45, 7) is 2.49. The van der Waals surface area contributed by atoms with Gasteiger partial charge in [0.1, 0.15) is 6.10 Å². The number of rotatable bonds is 7. The van der Waals surface area contributed by atoms with Gasteiger partial charge in [0, 0.05) is 6.54 Å². The summed E-state index contributed by atoms with van der Waals surface area (Å²) in [5, 5.41) is 0. The number of hydrogen-bond acceptors (Lipinski definition) is 7. The number of benzene rings is 1. The smallest absolute Gasteiger partial charge is 0.243 e. The van der Waals surface area contributed by atoms with Crippen LogP contribution >= 0.6 is 0 Å². The highest BCUT2D eigenvalue weighted by molar-refractivity contribution is 7.89. The van der Waals surface area contributed by atoms with Gasteiger partial charge in [-0.05, 0) is 38.0 Å². The molecule has 1 aromatic carbocycles. The van der Waals surface area contributed by atoms with Gasteiger partial charge in [-0.3, -0.25) is 4.98 Å². The molecule has 0 aliphatic carbocycles. The van der Waals surface area contributed by atoms with Gasteiger partial charge in [0.25, 0.3) is 0 Å². The number of ether oxygens (including phenoxy) is 3. The van der Waals surface area contributed by atoms with Crippen molar-refractivity contribution >= 4 is 10.0 Å². The van der Waals surface area contributed by atoms with Crippen LogP contribution in [0.1, 0.15) is 19.8 Å². The average Bonchev–Trinajstić information content (AvgIpc) is 2.70. The average molecular weight is 411 g/mol. The molecule has 0 amide bonds. The Kier molecular flexibility index (Phi) is 6.30. The van der Waals surface area contributed by atoms with E-state index in [1.54, 1.807) is 6.92 Å². The molecule has 1 aliphatic heterocycles. The molecule has 1 aliphatic rings. The van der Waals surface area contributed by atoms with Crippen LogP contribution in [0.4, 0.5) is 4.39 Å². The van der Waals surface area contributed by atoms with Crippen molar-refractivity contribution in [2.75, 3.05) is 26.8 Å². The first-order chi connectivity index (χ1) is 13.4. The van der Waals surface area contributed by atoms with E-state index < -0.39 is 21.9 Å². The molecule has 1 atom stereocenters. The van der Waals surface area contributed by atoms with Crippen molar-refractivity contribution in [3.05, 3.63) is 36.4 Å². The Labute approximate surface area is 163 Å². The van der Waals surface area contributed by atoms with Crippen LogP contribution in [0.2, 0.25) is 0 Å². The maximum absolute atomic E-state index is 14.1. The number of aromatic nitrogens is 2. The second-order valence-corrected chi connectivity index (χ2v) is 8.11. The Morgan fingerprint density at radius 3 is 2.79 bits per heavy atom. The third kappa shape index (κ3) is 4.50. The fraction of sp³-hybridized carbons (Fsp3) is 0.444. The molecule has 0 bridgehead atoms. The van der Waals surface area contributed by atoms with Crippen molar-refractivity contribution in [2.24, 2.45) is 0 Å². The van der Waals surface area contributed by atoms with Crippen LogP contribution in [0.5, 0.6) is 17.5 Å². The van der Waals surface area contributed by atoms with E-state index in [2.05, 4.69) is 9.97 Å². The highest BCUT2D eigenvalue weighted by Gasteiger charge is 2.32. The molecule has 10 heteroatoms. The van der Waals surface area contributed by atoms with Crippen LogP contribution < -0.4 is 14.2 Å². The molecule has 1 fully saturated rings. The van der Waals surface area contributed by atoms with Crippen molar-refractivity contribution in [2.45, 2.75) is 30.8 Å². The van der Waals surface area contributed by atoms with Crippen molar-refractivity contribution in [3.8, 4) is 17.5 Å². The summed E-state index contributed by atoms with van der Waals surface area (Å²) in [6.07, 6.45) is 3.78. The summed E-state index contributed by atoms with van der Waals surface area (Å²) in [4.78, 5) is 7.99. The van der Waals surface area contributed by atoms with Crippen molar-refractivity contribution in [1.82, 2.24) is 14.3 Å². The number of piperidine rings is 1. The van der Waals surface area contributed by atoms with Gasteiger partial charge >= 0.3 is 0 Å². The molecule has 3 rings (SSSR count). The van der Waals surface area contributed by atoms with E-state index >= 15 is 0 Å². The van der Waals surface area contributed by atoms with Gasteiger partial charge in [-0.15, -0.1) is 0 Å². The molecule has 0 radical (unpaired) electrons. The lowest BCUT2D eigenvalue weighted by molar-refractivity contribution is 0.123. The standard InChI is InChI=1S/C18H22FN3O5S/c1-3-26-16-7-6-14(9-15(16)19)28(23,24)22-8-4-5-13(12-22)27-18-11-20-10-17(21-18)25-2/h6-7,9-11,13H,3-5,8,12H2,1-2H3. The van der Waals surface area contributed by atoms with Crippen molar-refractivity contribution in [1.29, 1.82) is 0 Å². The predicted molar refractivity (Wildman–Crippen MR) is 98.6 cm³/mol. The minimum absolute atomic E-state index is 0.0258. The summed E-state index contributed by atoms with van der Waals surface area (Å²) < 4.78 is 57.2. The first-order valence-corrected chi connectivity index (χ1v) is 10.3. The van der Waals surface area contributed by atoms with Crippen LogP contribution in [0.25, 0.3) is 0 Å². The lowest BCUT2D eigenvalue weighted by atomic mass is 10.1. The second kappa shape index (κ2) is 8.70. The number of nitrogens with zero attached hydrogens (tertiary/aromatic N) is 3. The van der Waals surface area contributed by atoms with Crippen LogP contribution in [0, 0.1) is 5.82 Å². The van der Waals surface area contributed by atoms with E-state index in [0.717, 1.165) is 6.07 Å². The Bertz CT molecular complexity index is 925. The number of hydrogen-bond donors (Lipinski definition) is 0. The van der Waals surface area contributed by atoms with E-state index in [0.29, 0.717) is 31.9 Å². The lowest BCUT2D eigenvalue weighted by Gasteiger charge is -2.31. The van der Waals surface area contributed by atoms with Crippen LogP contribution in [-0.4, -0.2) is 55.6 Å². The van der Waals surface area contributed by atoms with Crippen molar-refractivity contribution in [3.63, 3.8) is 0 Å². The third-order valence-electron chi connectivity index (χ3n) is 4.27. The Hall–Kier alpha value is -2.46. The van der Waals surface area contributed by atoms with Gasteiger partial charge in [0.15, 0.2) is 11.6 Å². The van der Waals surface area contributed by atoms with Gasteiger partial charge in [-0.2, -0.15) is 9.29 Å². The van der Waals surface area contributed by atoms with Gasteiger partial charge in [-0.1, -0.05) is 0 Å². The summed E-state index contributed by atoms with van der Waals surface area (Å²) in [6, 6.07) is 3.66. The first-order valence-electron chi connectivity index (χ1n) is 8.89. The molecule has 28 heavy (non-hydrogen) atoms. The fourth-order valence-corrected chi connectivity index (χ4v) is 4.46. The molecule has 1 saturated heterocycles. The fourth-order valence-electron chi connectivity index (χ4n) is 2.94. The number of methoxy groups -OCH3 is 1. The summed E-state index contributed by atoms with van der Waals surface area (Å²) in [5.74, 6) is -0.115. The zero-order chi connectivity index (χ0) is 20.1. The van der Waals surface area contributed by atoms with Gasteiger partial charge in [-0.25, -0.2) is 12.8 Å². The first kappa shape index (κ1) is 20.3. The highest BCUT2D eigenvalue weighted by atomic mass is 32.2. The van der Waals surface area contributed by atoms with Gasteiger partial charge < -0.3 is 14.2 Å². The predicted octanol–water partition coefficient (Wildman–Crippen LogP) is 2.26. The zero-order valence-corrected chi connectivity index (χ0v) is 16.5. The third-order valence-corrected chi connectivity index (χ3v) is 6.13. The SMILES string of the molecule is CCOc1ccc(S(=O)(=O)N2CCCC(Oc3cncc(OC)n3)C2)cc1F. The molecule has 0 N–H and O–H groups in total. The van der Waals surface area contributed by atoms with Crippen LogP contribution in [0.15, 0.2) is 35.5 Å². The molecule has 0 spiro atoms. The minimum Gasteiger partial charge on any atom is -0.491 e. The summed E-state index contributed by atoms with van der Waals surface area (Å²) in [7, 11) is -2.39. The molecule has 8 nitrogen and oxygen atoms in total. The monoisotopic (exact) mass is 411 g/mol. The molecular weight excluding hydrogens is 389 g/mol. The topological polar surface area (TPSA) is 90.9 Å². The van der Waals surface area contributed by atoms with Gasteiger partial charge in [0.2, 0.25) is 21.8 Å². The molecule has 1 unspecified atom stereocenters.